The molecule has 0 amide bonds. The maximum atomic E-state index is 12.4. The summed E-state index contributed by atoms with van der Waals surface area (Å²) in [6.07, 6.45) is 21.2. The first-order valence-corrected chi connectivity index (χ1v) is 16.7. The van der Waals surface area contributed by atoms with Crippen LogP contribution in [0.4, 0.5) is 0 Å². The zero-order valence-corrected chi connectivity index (χ0v) is 25.5. The van der Waals surface area contributed by atoms with Gasteiger partial charge in [0, 0.05) is 19.4 Å². The highest BCUT2D eigenvalue weighted by molar-refractivity contribution is 7.47. The number of esters is 2. The van der Waals surface area contributed by atoms with Crippen molar-refractivity contribution in [2.24, 2.45) is 5.73 Å². The third-order valence-electron chi connectivity index (χ3n) is 6.15. The van der Waals surface area contributed by atoms with Gasteiger partial charge in [-0.3, -0.25) is 18.6 Å². The summed E-state index contributed by atoms with van der Waals surface area (Å²) >= 11 is 0. The molecule has 10 heteroatoms. The van der Waals surface area contributed by atoms with Crippen LogP contribution in [0.25, 0.3) is 0 Å². The van der Waals surface area contributed by atoms with Gasteiger partial charge in [-0.1, -0.05) is 96.6 Å². The molecule has 0 spiro atoms. The number of carbonyl (C=O) groups excluding carboxylic acids is 2. The summed E-state index contributed by atoms with van der Waals surface area (Å²) in [5.74, 6) is -0.849. The monoisotopic (exact) mass is 577 g/mol. The van der Waals surface area contributed by atoms with Crippen molar-refractivity contribution in [3.05, 3.63) is 12.2 Å². The molecule has 0 saturated carbocycles. The summed E-state index contributed by atoms with van der Waals surface area (Å²) in [5, 5.41) is 0. The van der Waals surface area contributed by atoms with E-state index in [0.29, 0.717) is 6.42 Å². The summed E-state index contributed by atoms with van der Waals surface area (Å²) in [6, 6.07) is 0. The van der Waals surface area contributed by atoms with Crippen molar-refractivity contribution in [2.75, 3.05) is 26.4 Å². The van der Waals surface area contributed by atoms with E-state index in [1.165, 1.54) is 38.5 Å². The molecule has 39 heavy (non-hydrogen) atoms. The van der Waals surface area contributed by atoms with Gasteiger partial charge in [0.05, 0.1) is 13.2 Å². The average Bonchev–Trinajstić information content (AvgIpc) is 2.91. The van der Waals surface area contributed by atoms with Crippen LogP contribution in [0.1, 0.15) is 129 Å². The van der Waals surface area contributed by atoms with Crippen molar-refractivity contribution in [1.29, 1.82) is 0 Å². The van der Waals surface area contributed by atoms with E-state index >= 15 is 0 Å². The fraction of sp³-hybridized carbons (Fsp3) is 0.862. The molecule has 0 aliphatic carbocycles. The van der Waals surface area contributed by atoms with Crippen LogP contribution in [0.5, 0.6) is 0 Å². The number of allylic oxidation sites excluding steroid dienone is 2. The number of hydrogen-bond acceptors (Lipinski definition) is 8. The van der Waals surface area contributed by atoms with Gasteiger partial charge in [0.2, 0.25) is 0 Å². The zero-order valence-electron chi connectivity index (χ0n) is 24.6. The predicted octanol–water partition coefficient (Wildman–Crippen LogP) is 7.15. The van der Waals surface area contributed by atoms with Crippen molar-refractivity contribution in [1.82, 2.24) is 0 Å². The summed E-state index contributed by atoms with van der Waals surface area (Å²) in [4.78, 5) is 34.3. The summed E-state index contributed by atoms with van der Waals surface area (Å²) < 4.78 is 32.3. The molecule has 0 aromatic heterocycles. The Morgan fingerprint density at radius 1 is 0.744 bits per heavy atom. The topological polar surface area (TPSA) is 134 Å². The predicted molar refractivity (Wildman–Crippen MR) is 155 cm³/mol. The molecule has 0 saturated heterocycles. The number of phosphoric ester groups is 1. The maximum Gasteiger partial charge on any atom is 0.472 e. The Bertz CT molecular complexity index is 674. The van der Waals surface area contributed by atoms with Gasteiger partial charge in [-0.2, -0.15) is 0 Å². The number of phosphoric acid groups is 1. The van der Waals surface area contributed by atoms with E-state index in [1.54, 1.807) is 0 Å². The zero-order chi connectivity index (χ0) is 29.0. The first kappa shape index (κ1) is 37.8. The SMILES string of the molecule is CCCC/C=C\CCCCCCCC(=O)OC(COC(=O)CCCCCCCCC)COP(=O)(O)OCCN. The number of nitrogens with two attached hydrogens (primary N) is 1. The molecule has 0 aromatic rings. The molecule has 9 nitrogen and oxygen atoms in total. The molecule has 0 fully saturated rings. The number of hydrogen-bond donors (Lipinski definition) is 2. The molecule has 2 atom stereocenters. The Morgan fingerprint density at radius 3 is 1.90 bits per heavy atom. The lowest BCUT2D eigenvalue weighted by Crippen LogP contribution is -2.29. The Morgan fingerprint density at radius 2 is 1.28 bits per heavy atom. The average molecular weight is 578 g/mol. The highest BCUT2D eigenvalue weighted by Gasteiger charge is 2.25. The van der Waals surface area contributed by atoms with E-state index in [4.69, 9.17) is 24.3 Å². The van der Waals surface area contributed by atoms with Gasteiger partial charge < -0.3 is 20.1 Å². The number of rotatable bonds is 28. The van der Waals surface area contributed by atoms with Crippen molar-refractivity contribution in [2.45, 2.75) is 136 Å². The molecule has 0 aliphatic heterocycles. The molecule has 2 unspecified atom stereocenters. The number of unbranched alkanes of at least 4 members (excludes halogenated alkanes) is 13. The van der Waals surface area contributed by atoms with Gasteiger partial charge in [-0.05, 0) is 32.1 Å². The second-order valence-electron chi connectivity index (χ2n) is 9.97. The molecular weight excluding hydrogens is 521 g/mol. The Balaban J connectivity index is 4.36. The van der Waals surface area contributed by atoms with Gasteiger partial charge in [-0.25, -0.2) is 4.57 Å². The van der Waals surface area contributed by atoms with Crippen LogP contribution < -0.4 is 5.73 Å². The van der Waals surface area contributed by atoms with Crippen LogP contribution in [0, 0.1) is 0 Å². The lowest BCUT2D eigenvalue weighted by molar-refractivity contribution is -0.161. The highest BCUT2D eigenvalue weighted by Crippen LogP contribution is 2.43. The molecule has 0 heterocycles. The highest BCUT2D eigenvalue weighted by atomic mass is 31.2. The summed E-state index contributed by atoms with van der Waals surface area (Å²) in [6.45, 7) is 3.59. The minimum absolute atomic E-state index is 0.0538. The molecular formula is C29H56NO8P. The molecule has 0 bridgehead atoms. The van der Waals surface area contributed by atoms with Crippen LogP contribution >= 0.6 is 7.82 Å². The van der Waals surface area contributed by atoms with Crippen molar-refractivity contribution >= 4 is 19.8 Å². The summed E-state index contributed by atoms with van der Waals surface area (Å²) in [7, 11) is -4.35. The molecule has 0 aliphatic rings. The maximum absolute atomic E-state index is 12.4. The smallest absolute Gasteiger partial charge is 0.462 e. The second-order valence-corrected chi connectivity index (χ2v) is 11.4. The summed E-state index contributed by atoms with van der Waals surface area (Å²) in [5.41, 5.74) is 5.29. The fourth-order valence-electron chi connectivity index (χ4n) is 3.85. The van der Waals surface area contributed by atoms with Crippen LogP contribution in [-0.2, 0) is 32.7 Å². The van der Waals surface area contributed by atoms with Gasteiger partial charge in [0.15, 0.2) is 6.10 Å². The third kappa shape index (κ3) is 26.7. The number of ether oxygens (including phenoxy) is 2. The van der Waals surface area contributed by atoms with E-state index < -0.39 is 32.5 Å². The Kier molecular flexibility index (Phi) is 26.1. The fourth-order valence-corrected chi connectivity index (χ4v) is 4.61. The molecule has 0 aromatic carbocycles. The van der Waals surface area contributed by atoms with Crippen LogP contribution in [0.2, 0.25) is 0 Å². The molecule has 3 N–H and O–H groups in total. The Hall–Kier alpha value is -1.25. The van der Waals surface area contributed by atoms with Crippen molar-refractivity contribution in [3.8, 4) is 0 Å². The van der Waals surface area contributed by atoms with Gasteiger partial charge in [0.25, 0.3) is 0 Å². The molecule has 230 valence electrons. The van der Waals surface area contributed by atoms with Crippen LogP contribution in [0.15, 0.2) is 12.2 Å². The number of carbonyl (C=O) groups is 2. The van der Waals surface area contributed by atoms with Crippen LogP contribution in [-0.4, -0.2) is 49.3 Å². The van der Waals surface area contributed by atoms with Crippen molar-refractivity contribution < 1.29 is 37.6 Å². The van der Waals surface area contributed by atoms with Crippen LogP contribution in [0.3, 0.4) is 0 Å². The standard InChI is InChI=1S/C29H56NO8P/c1-3-5-7-9-11-12-13-14-16-18-20-22-29(32)38-27(26-37-39(33,34)36-24-23-30)25-35-28(31)21-19-17-15-10-8-6-4-2/h9,11,27H,3-8,10,12-26,30H2,1-2H3,(H,33,34)/b11-9-. The Labute approximate surface area is 237 Å². The lowest BCUT2D eigenvalue weighted by Gasteiger charge is -2.19. The quantitative estimate of drug-likeness (QED) is 0.0430. The van der Waals surface area contributed by atoms with E-state index in [9.17, 15) is 19.0 Å². The van der Waals surface area contributed by atoms with E-state index in [1.807, 2.05) is 0 Å². The lowest BCUT2D eigenvalue weighted by atomic mass is 10.1. The first-order chi connectivity index (χ1) is 18.8. The molecule has 0 radical (unpaired) electrons. The minimum Gasteiger partial charge on any atom is -0.462 e. The van der Waals surface area contributed by atoms with Gasteiger partial charge in [-0.15, -0.1) is 0 Å². The van der Waals surface area contributed by atoms with E-state index in [-0.39, 0.29) is 32.6 Å². The van der Waals surface area contributed by atoms with Gasteiger partial charge >= 0.3 is 19.8 Å². The van der Waals surface area contributed by atoms with Gasteiger partial charge in [0.1, 0.15) is 6.61 Å². The third-order valence-corrected chi connectivity index (χ3v) is 7.14. The largest absolute Gasteiger partial charge is 0.472 e. The normalized spacial score (nSPS) is 13.8. The van der Waals surface area contributed by atoms with E-state index in [2.05, 4.69) is 26.0 Å². The minimum atomic E-state index is -4.35. The molecule has 0 rings (SSSR count). The van der Waals surface area contributed by atoms with Crippen molar-refractivity contribution in [3.63, 3.8) is 0 Å². The first-order valence-electron chi connectivity index (χ1n) is 15.2. The van der Waals surface area contributed by atoms with E-state index in [0.717, 1.165) is 57.8 Å². The second kappa shape index (κ2) is 26.9.